The van der Waals surface area contributed by atoms with Crippen LogP contribution in [0.5, 0.6) is 0 Å². The van der Waals surface area contributed by atoms with E-state index in [2.05, 4.69) is 62.9 Å². The minimum absolute atomic E-state index is 0.0734. The van der Waals surface area contributed by atoms with E-state index in [1.807, 2.05) is 12.1 Å². The first kappa shape index (κ1) is 23.7. The summed E-state index contributed by atoms with van der Waals surface area (Å²) in [5.74, 6) is 1.94. The number of aromatic nitrogens is 1. The van der Waals surface area contributed by atoms with Crippen molar-refractivity contribution in [3.63, 3.8) is 0 Å². The molecule has 3 heterocycles. The standard InChI is InChI=1S/C28H33N5OS2/c34-28(30-26-19-21-5-1-3-7-24(21)35-26)29-22-11-9-20(10-12-22)13-14-32-15-17-33(18-16-32)27-23-6-2-4-8-25(23)36-31-27/h1-8,19-20,22H,9-18H2,(H2,29,30,34). The summed E-state index contributed by atoms with van der Waals surface area (Å²) in [7, 11) is 0. The van der Waals surface area contributed by atoms with Crippen LogP contribution in [0.2, 0.25) is 0 Å². The van der Waals surface area contributed by atoms with Gasteiger partial charge in [-0.3, -0.25) is 10.2 Å². The van der Waals surface area contributed by atoms with Gasteiger partial charge in [-0.2, -0.15) is 4.37 Å². The van der Waals surface area contributed by atoms with Gasteiger partial charge in [0.1, 0.15) is 5.82 Å². The van der Waals surface area contributed by atoms with Gasteiger partial charge in [-0.25, -0.2) is 4.79 Å². The molecule has 0 radical (unpaired) electrons. The lowest BCUT2D eigenvalue weighted by Gasteiger charge is -2.36. The van der Waals surface area contributed by atoms with Gasteiger partial charge in [0, 0.05) is 42.3 Å². The van der Waals surface area contributed by atoms with Crippen molar-refractivity contribution in [1.82, 2.24) is 14.6 Å². The van der Waals surface area contributed by atoms with Crippen LogP contribution in [0.15, 0.2) is 54.6 Å². The Morgan fingerprint density at radius 2 is 1.69 bits per heavy atom. The molecule has 1 saturated heterocycles. The Kier molecular flexibility index (Phi) is 7.07. The molecule has 6 nitrogen and oxygen atoms in total. The fourth-order valence-electron chi connectivity index (χ4n) is 5.62. The van der Waals surface area contributed by atoms with Crippen LogP contribution in [0.4, 0.5) is 15.6 Å². The van der Waals surface area contributed by atoms with Crippen LogP contribution in [-0.4, -0.2) is 54.1 Å². The van der Waals surface area contributed by atoms with Crippen LogP contribution < -0.4 is 15.5 Å². The number of carbonyl (C=O) groups excluding carboxylic acids is 1. The number of thiophene rings is 1. The highest BCUT2D eigenvalue weighted by Gasteiger charge is 2.25. The second-order valence-corrected chi connectivity index (χ2v) is 12.0. The molecule has 1 saturated carbocycles. The van der Waals surface area contributed by atoms with Crippen LogP contribution in [0.3, 0.4) is 0 Å². The first-order chi connectivity index (χ1) is 17.7. The predicted molar refractivity (Wildman–Crippen MR) is 153 cm³/mol. The number of piperazine rings is 1. The molecule has 0 bridgehead atoms. The Bertz CT molecular complexity index is 1280. The van der Waals surface area contributed by atoms with E-state index in [0.29, 0.717) is 0 Å². The smallest absolute Gasteiger partial charge is 0.320 e. The van der Waals surface area contributed by atoms with Gasteiger partial charge in [0.2, 0.25) is 0 Å². The molecule has 188 valence electrons. The molecule has 4 aromatic rings. The van der Waals surface area contributed by atoms with Crippen molar-refractivity contribution < 1.29 is 4.79 Å². The average molecular weight is 520 g/mol. The third-order valence-corrected chi connectivity index (χ3v) is 9.58. The Morgan fingerprint density at radius 3 is 2.50 bits per heavy atom. The summed E-state index contributed by atoms with van der Waals surface area (Å²) in [6.07, 6.45) is 5.84. The lowest BCUT2D eigenvalue weighted by molar-refractivity contribution is 0.208. The Morgan fingerprint density at radius 1 is 0.944 bits per heavy atom. The number of nitrogens with one attached hydrogen (secondary N) is 2. The fraction of sp³-hybridized carbons (Fsp3) is 0.429. The number of anilines is 2. The number of rotatable bonds is 6. The van der Waals surface area contributed by atoms with Gasteiger partial charge in [-0.15, -0.1) is 11.3 Å². The zero-order chi connectivity index (χ0) is 24.3. The second-order valence-electron chi connectivity index (χ2n) is 10.1. The molecule has 6 rings (SSSR count). The lowest BCUT2D eigenvalue weighted by atomic mass is 9.84. The summed E-state index contributed by atoms with van der Waals surface area (Å²) < 4.78 is 7.22. The number of fused-ring (bicyclic) bond motifs is 2. The molecule has 2 N–H and O–H groups in total. The third kappa shape index (κ3) is 5.36. The van der Waals surface area contributed by atoms with Gasteiger partial charge in [0.15, 0.2) is 0 Å². The van der Waals surface area contributed by atoms with Crippen molar-refractivity contribution >= 4 is 59.9 Å². The van der Waals surface area contributed by atoms with E-state index in [0.717, 1.165) is 55.8 Å². The van der Waals surface area contributed by atoms with Gasteiger partial charge in [0.25, 0.3) is 0 Å². The number of carbonyl (C=O) groups is 1. The van der Waals surface area contributed by atoms with E-state index in [9.17, 15) is 4.79 Å². The van der Waals surface area contributed by atoms with Crippen molar-refractivity contribution in [1.29, 1.82) is 0 Å². The van der Waals surface area contributed by atoms with Crippen molar-refractivity contribution in [2.75, 3.05) is 42.9 Å². The number of nitrogens with zero attached hydrogens (tertiary/aromatic N) is 3. The summed E-state index contributed by atoms with van der Waals surface area (Å²) in [5, 5.41) is 9.62. The molecule has 1 aliphatic carbocycles. The Balaban J connectivity index is 0.905. The topological polar surface area (TPSA) is 60.5 Å². The van der Waals surface area contributed by atoms with Crippen molar-refractivity contribution in [2.45, 2.75) is 38.1 Å². The normalized spacial score (nSPS) is 21.2. The highest BCUT2D eigenvalue weighted by molar-refractivity contribution is 7.23. The first-order valence-corrected chi connectivity index (χ1v) is 14.7. The number of hydrogen-bond donors (Lipinski definition) is 2. The number of urea groups is 1. The summed E-state index contributed by atoms with van der Waals surface area (Å²) >= 11 is 3.23. The summed E-state index contributed by atoms with van der Waals surface area (Å²) in [4.78, 5) is 17.6. The minimum Gasteiger partial charge on any atom is -0.353 e. The van der Waals surface area contributed by atoms with E-state index < -0.39 is 0 Å². The second kappa shape index (κ2) is 10.7. The molecule has 8 heteroatoms. The maximum absolute atomic E-state index is 12.5. The van der Waals surface area contributed by atoms with Gasteiger partial charge in [-0.1, -0.05) is 30.3 Å². The Labute approximate surface area is 220 Å². The Hall–Kier alpha value is -2.68. The van der Waals surface area contributed by atoms with E-state index in [1.54, 1.807) is 22.9 Å². The maximum Gasteiger partial charge on any atom is 0.320 e. The molecule has 0 spiro atoms. The molecule has 0 unspecified atom stereocenters. The maximum atomic E-state index is 12.5. The van der Waals surface area contributed by atoms with Crippen molar-refractivity contribution in [2.24, 2.45) is 5.92 Å². The molecule has 2 amide bonds. The number of amides is 2. The largest absolute Gasteiger partial charge is 0.353 e. The van der Waals surface area contributed by atoms with E-state index >= 15 is 0 Å². The van der Waals surface area contributed by atoms with Crippen LogP contribution in [0.25, 0.3) is 20.2 Å². The number of benzene rings is 2. The van der Waals surface area contributed by atoms with E-state index in [1.165, 1.54) is 46.0 Å². The molecular formula is C28H33N5OS2. The average Bonchev–Trinajstić information content (AvgIpc) is 3.52. The summed E-state index contributed by atoms with van der Waals surface area (Å²) in [5.41, 5.74) is 0. The van der Waals surface area contributed by atoms with Crippen LogP contribution in [0.1, 0.15) is 32.1 Å². The molecule has 2 aromatic carbocycles. The van der Waals surface area contributed by atoms with Crippen molar-refractivity contribution in [3.05, 3.63) is 54.6 Å². The minimum atomic E-state index is -0.0734. The van der Waals surface area contributed by atoms with Gasteiger partial charge < -0.3 is 10.2 Å². The molecule has 36 heavy (non-hydrogen) atoms. The zero-order valence-corrected chi connectivity index (χ0v) is 22.1. The zero-order valence-electron chi connectivity index (χ0n) is 20.5. The molecule has 2 fully saturated rings. The highest BCUT2D eigenvalue weighted by Crippen LogP contribution is 2.32. The molecule has 1 aliphatic heterocycles. The third-order valence-electron chi connectivity index (χ3n) is 7.73. The first-order valence-electron chi connectivity index (χ1n) is 13.1. The molecule has 2 aliphatic rings. The SMILES string of the molecule is O=C(Nc1cc2ccccc2s1)NC1CCC(CCN2CCN(c3nsc4ccccc34)CC2)CC1. The molecule has 0 atom stereocenters. The van der Waals surface area contributed by atoms with E-state index in [-0.39, 0.29) is 12.1 Å². The number of hydrogen-bond acceptors (Lipinski definition) is 6. The van der Waals surface area contributed by atoms with Gasteiger partial charge in [0.05, 0.1) is 9.70 Å². The monoisotopic (exact) mass is 519 g/mol. The lowest BCUT2D eigenvalue weighted by Crippen LogP contribution is -2.47. The quantitative estimate of drug-likeness (QED) is 0.309. The van der Waals surface area contributed by atoms with E-state index in [4.69, 9.17) is 4.37 Å². The molecular weight excluding hydrogens is 486 g/mol. The summed E-state index contributed by atoms with van der Waals surface area (Å²) in [6.45, 7) is 5.51. The van der Waals surface area contributed by atoms with Crippen LogP contribution >= 0.6 is 22.9 Å². The van der Waals surface area contributed by atoms with Gasteiger partial charge in [-0.05, 0) is 85.8 Å². The predicted octanol–water partition coefficient (Wildman–Crippen LogP) is 6.40. The van der Waals surface area contributed by atoms with Crippen LogP contribution in [0, 0.1) is 5.92 Å². The summed E-state index contributed by atoms with van der Waals surface area (Å²) in [6, 6.07) is 19.1. The highest BCUT2D eigenvalue weighted by atomic mass is 32.1. The van der Waals surface area contributed by atoms with Gasteiger partial charge >= 0.3 is 6.03 Å². The van der Waals surface area contributed by atoms with Crippen LogP contribution in [-0.2, 0) is 0 Å². The fourth-order valence-corrected chi connectivity index (χ4v) is 7.38. The molecule has 2 aromatic heterocycles. The van der Waals surface area contributed by atoms with Crippen molar-refractivity contribution in [3.8, 4) is 0 Å².